The third-order valence-electron chi connectivity index (χ3n) is 3.83. The summed E-state index contributed by atoms with van der Waals surface area (Å²) in [5.41, 5.74) is -0.416. The number of hydrogen-bond donors (Lipinski definition) is 1. The van der Waals surface area contributed by atoms with Crippen molar-refractivity contribution in [2.45, 2.75) is 65.5 Å². The summed E-state index contributed by atoms with van der Waals surface area (Å²) in [4.78, 5) is 14.0. The smallest absolute Gasteiger partial charge is 0.410 e. The lowest BCUT2D eigenvalue weighted by Crippen LogP contribution is -2.48. The van der Waals surface area contributed by atoms with Crippen LogP contribution in [0.15, 0.2) is 12.2 Å². The van der Waals surface area contributed by atoms with E-state index in [0.29, 0.717) is 12.0 Å². The lowest BCUT2D eigenvalue weighted by molar-refractivity contribution is 0.0149. The molecule has 2 unspecified atom stereocenters. The van der Waals surface area contributed by atoms with Crippen LogP contribution in [0.25, 0.3) is 0 Å². The predicted octanol–water partition coefficient (Wildman–Crippen LogP) is 3.58. The fourth-order valence-electron chi connectivity index (χ4n) is 2.64. The fraction of sp³-hybridized carbons (Fsp3) is 0.824. The average molecular weight is 296 g/mol. The average Bonchev–Trinajstić information content (AvgIpc) is 2.41. The second-order valence-electron chi connectivity index (χ2n) is 6.93. The molecule has 4 heteroatoms. The van der Waals surface area contributed by atoms with Crippen molar-refractivity contribution >= 4 is 6.09 Å². The van der Waals surface area contributed by atoms with Gasteiger partial charge in [-0.3, -0.25) is 0 Å². The molecule has 0 aliphatic carbocycles. The van der Waals surface area contributed by atoms with Crippen molar-refractivity contribution in [3.63, 3.8) is 0 Å². The van der Waals surface area contributed by atoms with Gasteiger partial charge >= 0.3 is 6.09 Å². The Hall–Kier alpha value is -1.03. The van der Waals surface area contributed by atoms with E-state index in [0.717, 1.165) is 32.5 Å². The van der Waals surface area contributed by atoms with Crippen LogP contribution in [0.5, 0.6) is 0 Å². The lowest BCUT2D eigenvalue weighted by Gasteiger charge is -2.36. The molecule has 4 nitrogen and oxygen atoms in total. The molecule has 2 atom stereocenters. The number of hydrogen-bond acceptors (Lipinski definition) is 3. The maximum atomic E-state index is 12.2. The molecule has 1 heterocycles. The number of nitrogens with zero attached hydrogens (tertiary/aromatic N) is 1. The molecule has 1 aliphatic heterocycles. The molecule has 0 saturated carbocycles. The van der Waals surface area contributed by atoms with Gasteiger partial charge in [0, 0.05) is 19.1 Å². The van der Waals surface area contributed by atoms with E-state index >= 15 is 0 Å². The van der Waals surface area contributed by atoms with Gasteiger partial charge in [-0.25, -0.2) is 4.79 Å². The number of carbonyl (C=O) groups excluding carboxylic acids is 1. The number of piperidine rings is 1. The van der Waals surface area contributed by atoms with Crippen molar-refractivity contribution in [3.8, 4) is 0 Å². The second-order valence-corrected chi connectivity index (χ2v) is 6.93. The first-order valence-electron chi connectivity index (χ1n) is 8.16. The quantitative estimate of drug-likeness (QED) is 0.623. The maximum Gasteiger partial charge on any atom is 0.410 e. The molecule has 1 rings (SSSR count). The Morgan fingerprint density at radius 3 is 2.81 bits per heavy atom. The van der Waals surface area contributed by atoms with E-state index in [1.165, 1.54) is 6.42 Å². The molecule has 0 spiro atoms. The Labute approximate surface area is 129 Å². The minimum absolute atomic E-state index is 0.173. The highest BCUT2D eigenvalue weighted by Gasteiger charge is 2.29. The van der Waals surface area contributed by atoms with Gasteiger partial charge in [0.1, 0.15) is 5.60 Å². The molecule has 0 radical (unpaired) electrons. The van der Waals surface area contributed by atoms with Crippen LogP contribution in [0.3, 0.4) is 0 Å². The van der Waals surface area contributed by atoms with Gasteiger partial charge in [-0.05, 0) is 66.3 Å². The van der Waals surface area contributed by atoms with Crippen molar-refractivity contribution in [1.82, 2.24) is 10.2 Å². The van der Waals surface area contributed by atoms with E-state index in [4.69, 9.17) is 4.74 Å². The molecule has 122 valence electrons. The molecule has 1 saturated heterocycles. The summed E-state index contributed by atoms with van der Waals surface area (Å²) in [5, 5.41) is 3.56. The normalized spacial score (nSPS) is 21.6. The Morgan fingerprint density at radius 1 is 1.48 bits per heavy atom. The van der Waals surface area contributed by atoms with Gasteiger partial charge in [0.15, 0.2) is 0 Å². The Kier molecular flexibility index (Phi) is 7.23. The Morgan fingerprint density at radius 2 is 2.19 bits per heavy atom. The topological polar surface area (TPSA) is 41.6 Å². The monoisotopic (exact) mass is 296 g/mol. The van der Waals surface area contributed by atoms with Crippen LogP contribution < -0.4 is 5.32 Å². The number of nitrogens with one attached hydrogen (secondary N) is 1. The van der Waals surface area contributed by atoms with E-state index in [1.807, 2.05) is 32.6 Å². The largest absolute Gasteiger partial charge is 0.444 e. The third-order valence-corrected chi connectivity index (χ3v) is 3.83. The molecule has 0 bridgehead atoms. The van der Waals surface area contributed by atoms with E-state index < -0.39 is 5.60 Å². The summed E-state index contributed by atoms with van der Waals surface area (Å²) in [6.45, 7) is 12.6. The zero-order valence-corrected chi connectivity index (χ0v) is 14.3. The fourth-order valence-corrected chi connectivity index (χ4v) is 2.64. The van der Waals surface area contributed by atoms with Crippen LogP contribution in [-0.2, 0) is 4.74 Å². The first-order chi connectivity index (χ1) is 9.83. The van der Waals surface area contributed by atoms with Gasteiger partial charge in [0.2, 0.25) is 0 Å². The van der Waals surface area contributed by atoms with Gasteiger partial charge < -0.3 is 15.0 Å². The van der Waals surface area contributed by atoms with Crippen LogP contribution in [0.1, 0.15) is 53.9 Å². The molecule has 21 heavy (non-hydrogen) atoms. The number of carbonyl (C=O) groups is 1. The summed E-state index contributed by atoms with van der Waals surface area (Å²) < 4.78 is 5.48. The number of ether oxygens (including phenoxy) is 1. The molecule has 0 aromatic rings. The summed E-state index contributed by atoms with van der Waals surface area (Å²) in [6, 6.07) is 0.431. The molecule has 0 aromatic carbocycles. The predicted molar refractivity (Wildman–Crippen MR) is 87.4 cm³/mol. The van der Waals surface area contributed by atoms with Gasteiger partial charge in [-0.2, -0.15) is 0 Å². The first-order valence-corrected chi connectivity index (χ1v) is 8.16. The molecule has 1 amide bonds. The standard InChI is InChI=1S/C17H32N2O2/c1-6-7-8-11-18-14(2)15-10-9-12-19(13-15)16(20)21-17(3,4)5/h6-7,14-15,18H,8-13H2,1-5H3/b7-6+. The van der Waals surface area contributed by atoms with Crippen LogP contribution in [-0.4, -0.2) is 42.3 Å². The molecule has 0 aromatic heterocycles. The van der Waals surface area contributed by atoms with E-state index in [2.05, 4.69) is 24.4 Å². The third kappa shape index (κ3) is 6.98. The second kappa shape index (κ2) is 8.42. The van der Waals surface area contributed by atoms with Gasteiger partial charge in [-0.15, -0.1) is 0 Å². The van der Waals surface area contributed by atoms with E-state index in [1.54, 1.807) is 0 Å². The van der Waals surface area contributed by atoms with Crippen molar-refractivity contribution in [2.75, 3.05) is 19.6 Å². The Balaban J connectivity index is 2.42. The van der Waals surface area contributed by atoms with Crippen LogP contribution in [0.4, 0.5) is 4.79 Å². The summed E-state index contributed by atoms with van der Waals surface area (Å²) in [7, 11) is 0. The number of amides is 1. The highest BCUT2D eigenvalue weighted by molar-refractivity contribution is 5.68. The number of rotatable bonds is 5. The first kappa shape index (κ1) is 18.0. The van der Waals surface area contributed by atoms with Gasteiger partial charge in [0.05, 0.1) is 0 Å². The molecule has 1 fully saturated rings. The zero-order valence-electron chi connectivity index (χ0n) is 14.3. The lowest BCUT2D eigenvalue weighted by atomic mass is 9.91. The van der Waals surface area contributed by atoms with Crippen molar-refractivity contribution in [3.05, 3.63) is 12.2 Å². The van der Waals surface area contributed by atoms with Crippen LogP contribution >= 0.6 is 0 Å². The summed E-state index contributed by atoms with van der Waals surface area (Å²) in [5.74, 6) is 0.511. The van der Waals surface area contributed by atoms with E-state index in [-0.39, 0.29) is 6.09 Å². The molecular formula is C17H32N2O2. The summed E-state index contributed by atoms with van der Waals surface area (Å²) in [6.07, 6.45) is 7.38. The van der Waals surface area contributed by atoms with Crippen molar-refractivity contribution in [2.24, 2.45) is 5.92 Å². The van der Waals surface area contributed by atoms with Crippen LogP contribution in [0, 0.1) is 5.92 Å². The SMILES string of the molecule is C/C=C/CCNC(C)C1CCCN(C(=O)OC(C)(C)C)C1. The molecular weight excluding hydrogens is 264 g/mol. The summed E-state index contributed by atoms with van der Waals surface area (Å²) >= 11 is 0. The number of allylic oxidation sites excluding steroid dienone is 1. The van der Waals surface area contributed by atoms with Crippen molar-refractivity contribution < 1.29 is 9.53 Å². The Bertz CT molecular complexity index is 347. The molecule has 1 N–H and O–H groups in total. The van der Waals surface area contributed by atoms with Gasteiger partial charge in [-0.1, -0.05) is 12.2 Å². The van der Waals surface area contributed by atoms with Crippen molar-refractivity contribution in [1.29, 1.82) is 0 Å². The highest BCUT2D eigenvalue weighted by Crippen LogP contribution is 2.21. The zero-order chi connectivity index (χ0) is 15.9. The minimum Gasteiger partial charge on any atom is -0.444 e. The highest BCUT2D eigenvalue weighted by atomic mass is 16.6. The number of likely N-dealkylation sites (tertiary alicyclic amines) is 1. The maximum absolute atomic E-state index is 12.2. The minimum atomic E-state index is -0.416. The van der Waals surface area contributed by atoms with Gasteiger partial charge in [0.25, 0.3) is 0 Å². The molecule has 1 aliphatic rings. The van der Waals surface area contributed by atoms with Crippen LogP contribution in [0.2, 0.25) is 0 Å². The van der Waals surface area contributed by atoms with E-state index in [9.17, 15) is 4.79 Å².